The van der Waals surface area contributed by atoms with E-state index in [9.17, 15) is 4.79 Å². The highest BCUT2D eigenvalue weighted by atomic mass is 16.5. The third-order valence-electron chi connectivity index (χ3n) is 3.73. The molecule has 0 saturated heterocycles. The third-order valence-corrected chi connectivity index (χ3v) is 3.73. The van der Waals surface area contributed by atoms with Crippen LogP contribution in [0.15, 0.2) is 18.2 Å². The van der Waals surface area contributed by atoms with Crippen LogP contribution in [-0.4, -0.2) is 19.6 Å². The SMILES string of the molecule is CCN1C(=O)C2(CC2)c2cc(OC)ccc21. The van der Waals surface area contributed by atoms with Crippen LogP contribution in [0.5, 0.6) is 5.75 Å². The average Bonchev–Trinajstić information content (AvgIpc) is 3.07. The summed E-state index contributed by atoms with van der Waals surface area (Å²) in [6, 6.07) is 5.95. The van der Waals surface area contributed by atoms with E-state index in [1.54, 1.807) is 7.11 Å². The number of methoxy groups -OCH3 is 1. The number of rotatable bonds is 2. The molecule has 1 aromatic carbocycles. The molecule has 1 saturated carbocycles. The van der Waals surface area contributed by atoms with Crippen LogP contribution in [-0.2, 0) is 10.2 Å². The van der Waals surface area contributed by atoms with Crippen molar-refractivity contribution in [3.8, 4) is 5.75 Å². The van der Waals surface area contributed by atoms with E-state index in [1.165, 1.54) is 5.56 Å². The molecule has 2 aliphatic rings. The highest BCUT2D eigenvalue weighted by Crippen LogP contribution is 2.57. The van der Waals surface area contributed by atoms with Crippen LogP contribution < -0.4 is 9.64 Å². The lowest BCUT2D eigenvalue weighted by Gasteiger charge is -2.14. The van der Waals surface area contributed by atoms with Gasteiger partial charge in [-0.25, -0.2) is 0 Å². The lowest BCUT2D eigenvalue weighted by molar-refractivity contribution is -0.120. The summed E-state index contributed by atoms with van der Waals surface area (Å²) in [6.07, 6.45) is 1.98. The van der Waals surface area contributed by atoms with Crippen molar-refractivity contribution in [1.29, 1.82) is 0 Å². The topological polar surface area (TPSA) is 29.5 Å². The molecule has 0 unspecified atom stereocenters. The molecule has 1 spiro atoms. The maximum atomic E-state index is 12.3. The van der Waals surface area contributed by atoms with Gasteiger partial charge in [0.1, 0.15) is 5.75 Å². The molecule has 16 heavy (non-hydrogen) atoms. The minimum Gasteiger partial charge on any atom is -0.497 e. The second-order valence-corrected chi connectivity index (χ2v) is 4.51. The Morgan fingerprint density at radius 1 is 1.44 bits per heavy atom. The van der Waals surface area contributed by atoms with Crippen molar-refractivity contribution < 1.29 is 9.53 Å². The summed E-state index contributed by atoms with van der Waals surface area (Å²) < 4.78 is 5.23. The molecule has 0 N–H and O–H groups in total. The Morgan fingerprint density at radius 2 is 2.19 bits per heavy atom. The molecule has 1 aromatic rings. The number of hydrogen-bond donors (Lipinski definition) is 0. The smallest absolute Gasteiger partial charge is 0.237 e. The molecule has 1 heterocycles. The molecule has 1 aliphatic carbocycles. The zero-order valence-electron chi connectivity index (χ0n) is 9.62. The number of amides is 1. The van der Waals surface area contributed by atoms with E-state index in [4.69, 9.17) is 4.74 Å². The van der Waals surface area contributed by atoms with E-state index < -0.39 is 0 Å². The van der Waals surface area contributed by atoms with E-state index in [2.05, 4.69) is 0 Å². The molecule has 1 amide bonds. The lowest BCUT2D eigenvalue weighted by atomic mass is 9.98. The molecule has 3 rings (SSSR count). The zero-order chi connectivity index (χ0) is 11.3. The van der Waals surface area contributed by atoms with Gasteiger partial charge in [-0.1, -0.05) is 0 Å². The summed E-state index contributed by atoms with van der Waals surface area (Å²) in [5.74, 6) is 1.12. The Labute approximate surface area is 95.0 Å². The Morgan fingerprint density at radius 3 is 2.75 bits per heavy atom. The number of benzene rings is 1. The number of anilines is 1. The minimum atomic E-state index is -0.195. The van der Waals surface area contributed by atoms with Gasteiger partial charge in [-0.15, -0.1) is 0 Å². The molecular formula is C13H15NO2. The number of carbonyl (C=O) groups is 1. The average molecular weight is 217 g/mol. The van der Waals surface area contributed by atoms with Crippen molar-refractivity contribution in [3.63, 3.8) is 0 Å². The van der Waals surface area contributed by atoms with Crippen LogP contribution in [0.25, 0.3) is 0 Å². The van der Waals surface area contributed by atoms with Gasteiger partial charge in [-0.2, -0.15) is 0 Å². The monoisotopic (exact) mass is 217 g/mol. The number of ether oxygens (including phenoxy) is 1. The summed E-state index contributed by atoms with van der Waals surface area (Å²) in [4.78, 5) is 14.2. The maximum Gasteiger partial charge on any atom is 0.237 e. The molecule has 1 fully saturated rings. The first kappa shape index (κ1) is 9.70. The summed E-state index contributed by atoms with van der Waals surface area (Å²) in [5, 5.41) is 0. The highest BCUT2D eigenvalue weighted by Gasteiger charge is 2.58. The van der Waals surface area contributed by atoms with Gasteiger partial charge in [0.2, 0.25) is 5.91 Å². The van der Waals surface area contributed by atoms with Crippen LogP contribution in [0, 0.1) is 0 Å². The lowest BCUT2D eigenvalue weighted by Crippen LogP contribution is -2.31. The molecular weight excluding hydrogens is 202 g/mol. The van der Waals surface area contributed by atoms with Crippen LogP contribution in [0.1, 0.15) is 25.3 Å². The third kappa shape index (κ3) is 1.01. The summed E-state index contributed by atoms with van der Waals surface area (Å²) >= 11 is 0. The molecule has 0 atom stereocenters. The molecule has 1 aliphatic heterocycles. The number of fused-ring (bicyclic) bond motifs is 2. The fourth-order valence-corrected chi connectivity index (χ4v) is 2.67. The van der Waals surface area contributed by atoms with Crippen LogP contribution in [0.4, 0.5) is 5.69 Å². The molecule has 3 nitrogen and oxygen atoms in total. The first-order valence-corrected chi connectivity index (χ1v) is 5.73. The van der Waals surface area contributed by atoms with Crippen molar-refractivity contribution in [2.45, 2.75) is 25.2 Å². The number of hydrogen-bond acceptors (Lipinski definition) is 2. The number of carbonyl (C=O) groups excluding carboxylic acids is 1. The standard InChI is InChI=1S/C13H15NO2/c1-3-14-11-5-4-9(16-2)8-10(11)13(6-7-13)12(14)15/h4-5,8H,3,6-7H2,1-2H3. The Balaban J connectivity index is 2.16. The first-order chi connectivity index (χ1) is 7.73. The zero-order valence-corrected chi connectivity index (χ0v) is 9.62. The molecule has 3 heteroatoms. The molecule has 0 aromatic heterocycles. The van der Waals surface area contributed by atoms with Crippen LogP contribution in [0.3, 0.4) is 0 Å². The molecule has 84 valence electrons. The van der Waals surface area contributed by atoms with Crippen molar-refractivity contribution in [2.24, 2.45) is 0 Å². The van der Waals surface area contributed by atoms with E-state index in [0.29, 0.717) is 0 Å². The second kappa shape index (κ2) is 3.00. The fraction of sp³-hybridized carbons (Fsp3) is 0.462. The van der Waals surface area contributed by atoms with E-state index in [-0.39, 0.29) is 11.3 Å². The van der Waals surface area contributed by atoms with Gasteiger partial charge in [0.25, 0.3) is 0 Å². The van der Waals surface area contributed by atoms with E-state index >= 15 is 0 Å². The Kier molecular flexibility index (Phi) is 1.82. The summed E-state index contributed by atoms with van der Waals surface area (Å²) in [6.45, 7) is 2.77. The van der Waals surface area contributed by atoms with Gasteiger partial charge >= 0.3 is 0 Å². The van der Waals surface area contributed by atoms with E-state index in [0.717, 1.165) is 30.8 Å². The van der Waals surface area contributed by atoms with E-state index in [1.807, 2.05) is 30.0 Å². The predicted octanol–water partition coefficient (Wildman–Crippen LogP) is 2.09. The van der Waals surface area contributed by atoms with Crippen molar-refractivity contribution in [2.75, 3.05) is 18.6 Å². The largest absolute Gasteiger partial charge is 0.497 e. The van der Waals surface area contributed by atoms with Crippen molar-refractivity contribution in [3.05, 3.63) is 23.8 Å². The van der Waals surface area contributed by atoms with Gasteiger partial charge in [-0.3, -0.25) is 4.79 Å². The fourth-order valence-electron chi connectivity index (χ4n) is 2.67. The van der Waals surface area contributed by atoms with Crippen LogP contribution in [0.2, 0.25) is 0 Å². The van der Waals surface area contributed by atoms with Gasteiger partial charge in [0.15, 0.2) is 0 Å². The normalized spacial score (nSPS) is 20.1. The number of nitrogens with zero attached hydrogens (tertiary/aromatic N) is 1. The number of likely N-dealkylation sites (N-methyl/N-ethyl adjacent to an activating group) is 1. The molecule has 0 bridgehead atoms. The van der Waals surface area contributed by atoms with Crippen molar-refractivity contribution >= 4 is 11.6 Å². The summed E-state index contributed by atoms with van der Waals surface area (Å²) in [5.41, 5.74) is 2.05. The maximum absolute atomic E-state index is 12.3. The summed E-state index contributed by atoms with van der Waals surface area (Å²) in [7, 11) is 1.66. The highest BCUT2D eigenvalue weighted by molar-refractivity contribution is 6.10. The second-order valence-electron chi connectivity index (χ2n) is 4.51. The van der Waals surface area contributed by atoms with Crippen molar-refractivity contribution in [1.82, 2.24) is 0 Å². The first-order valence-electron chi connectivity index (χ1n) is 5.73. The quantitative estimate of drug-likeness (QED) is 0.759. The predicted molar refractivity (Wildman–Crippen MR) is 61.9 cm³/mol. The Hall–Kier alpha value is -1.51. The van der Waals surface area contributed by atoms with Gasteiger partial charge in [0.05, 0.1) is 12.5 Å². The van der Waals surface area contributed by atoms with Gasteiger partial charge in [0, 0.05) is 12.2 Å². The van der Waals surface area contributed by atoms with Gasteiger partial charge < -0.3 is 9.64 Å². The van der Waals surface area contributed by atoms with Gasteiger partial charge in [-0.05, 0) is 43.5 Å². The molecule has 0 radical (unpaired) electrons. The Bertz CT molecular complexity index is 463. The minimum absolute atomic E-state index is 0.195. The van der Waals surface area contributed by atoms with Crippen LogP contribution >= 0.6 is 0 Å².